The van der Waals surface area contributed by atoms with Crippen molar-refractivity contribution in [2.75, 3.05) is 0 Å². The highest BCUT2D eigenvalue weighted by atomic mass is 32.2. The average Bonchev–Trinajstić information content (AvgIpc) is 2.43. The predicted molar refractivity (Wildman–Crippen MR) is 51.7 cm³/mol. The lowest BCUT2D eigenvalue weighted by Crippen LogP contribution is -2.31. The molecule has 0 aromatic carbocycles. The van der Waals surface area contributed by atoms with Gasteiger partial charge in [-0.15, -0.1) is 0 Å². The third-order valence-electron chi connectivity index (χ3n) is 1.93. The van der Waals surface area contributed by atoms with Crippen molar-refractivity contribution in [3.63, 3.8) is 0 Å². The van der Waals surface area contributed by atoms with Gasteiger partial charge in [-0.05, 0) is 0 Å². The topological polar surface area (TPSA) is 66.0 Å². The van der Waals surface area contributed by atoms with Crippen LogP contribution in [0.15, 0.2) is 12.4 Å². The Labute approximate surface area is 97.2 Å². The van der Waals surface area contributed by atoms with Gasteiger partial charge in [-0.25, -0.2) is 17.6 Å². The minimum Gasteiger partial charge on any atom is -0.741 e. The first-order valence-corrected chi connectivity index (χ1v) is 5.93. The van der Waals surface area contributed by atoms with Crippen molar-refractivity contribution < 1.29 is 30.7 Å². The number of aromatic nitrogens is 2. The summed E-state index contributed by atoms with van der Waals surface area (Å²) in [7, 11) is -1.95. The van der Waals surface area contributed by atoms with Crippen molar-refractivity contribution in [1.29, 1.82) is 0 Å². The average molecular weight is 274 g/mol. The maximum Gasteiger partial charge on any atom is 0.485 e. The number of halogens is 3. The molecule has 0 N–H and O–H groups in total. The molecule has 0 atom stereocenters. The van der Waals surface area contributed by atoms with Crippen molar-refractivity contribution >= 4 is 10.1 Å². The summed E-state index contributed by atoms with van der Waals surface area (Å²) in [5, 5.41) is 0. The lowest BCUT2D eigenvalue weighted by atomic mass is 10.4. The fourth-order valence-electron chi connectivity index (χ4n) is 1.12. The summed E-state index contributed by atoms with van der Waals surface area (Å²) in [5.41, 5.74) is -5.65. The number of aryl methyl sites for hydroxylation is 2. The van der Waals surface area contributed by atoms with Gasteiger partial charge in [0.15, 0.2) is 10.1 Å². The molecule has 0 aliphatic heterocycles. The van der Waals surface area contributed by atoms with Gasteiger partial charge in [0, 0.05) is 6.42 Å². The lowest BCUT2D eigenvalue weighted by molar-refractivity contribution is -0.678. The van der Waals surface area contributed by atoms with Crippen LogP contribution >= 0.6 is 0 Å². The number of alkyl halides is 3. The van der Waals surface area contributed by atoms with E-state index < -0.39 is 15.6 Å². The van der Waals surface area contributed by atoms with Gasteiger partial charge in [-0.1, -0.05) is 6.92 Å². The van der Waals surface area contributed by atoms with Crippen molar-refractivity contribution in [3.8, 4) is 0 Å². The molecule has 0 unspecified atom stereocenters. The molecule has 0 saturated heterocycles. The van der Waals surface area contributed by atoms with Gasteiger partial charge in [0.2, 0.25) is 0 Å². The van der Waals surface area contributed by atoms with E-state index in [1.165, 1.54) is 5.82 Å². The maximum absolute atomic E-state index is 10.7. The Bertz CT molecular complexity index is 445. The van der Waals surface area contributed by atoms with Gasteiger partial charge in [0.25, 0.3) is 5.82 Å². The molecular formula is C8H13F3N2O3S. The molecule has 0 aliphatic carbocycles. The molecule has 0 aliphatic rings. The molecule has 9 heteroatoms. The van der Waals surface area contributed by atoms with Crippen molar-refractivity contribution in [1.82, 2.24) is 4.57 Å². The Morgan fingerprint density at radius 2 is 1.88 bits per heavy atom. The van der Waals surface area contributed by atoms with Crippen LogP contribution in [-0.2, 0) is 30.6 Å². The van der Waals surface area contributed by atoms with Gasteiger partial charge in [0.1, 0.15) is 12.4 Å². The first-order valence-electron chi connectivity index (χ1n) is 4.52. The Morgan fingerprint density at radius 3 is 2.00 bits per heavy atom. The predicted octanol–water partition coefficient (Wildman–Crippen LogP) is 0.463. The van der Waals surface area contributed by atoms with Gasteiger partial charge >= 0.3 is 5.51 Å². The molecule has 0 radical (unpaired) electrons. The molecule has 17 heavy (non-hydrogen) atoms. The van der Waals surface area contributed by atoms with Gasteiger partial charge in [-0.3, -0.25) is 0 Å². The molecule has 0 spiro atoms. The Kier molecular flexibility index (Phi) is 5.14. The number of hydrogen-bond donors (Lipinski definition) is 0. The zero-order valence-electron chi connectivity index (χ0n) is 9.52. The highest BCUT2D eigenvalue weighted by molar-refractivity contribution is 7.86. The Morgan fingerprint density at radius 1 is 1.47 bits per heavy atom. The second-order valence-electron chi connectivity index (χ2n) is 3.19. The Balaban J connectivity index is 0.000000304. The van der Waals surface area contributed by atoms with E-state index in [2.05, 4.69) is 42.5 Å². The standard InChI is InChI=1S/C7H13N2.CHF3O3S/c1-4-7-8(2)5-6-9(7)3;2-1(3,4)8(5,6)7/h5-6H,4H2,1-3H3;(H,5,6,7)/q+1;/p-1. The van der Waals surface area contributed by atoms with Gasteiger partial charge in [-0.2, -0.15) is 13.2 Å². The summed E-state index contributed by atoms with van der Waals surface area (Å²) < 4.78 is 63.2. The minimum absolute atomic E-state index is 1.10. The molecule has 0 saturated carbocycles. The fraction of sp³-hybridized carbons (Fsp3) is 0.625. The van der Waals surface area contributed by atoms with E-state index in [0.717, 1.165) is 6.42 Å². The van der Waals surface area contributed by atoms with Crippen LogP contribution in [0, 0.1) is 0 Å². The summed E-state index contributed by atoms with van der Waals surface area (Å²) in [5.74, 6) is 1.36. The number of nitrogens with zero attached hydrogens (tertiary/aromatic N) is 2. The molecule has 5 nitrogen and oxygen atoms in total. The minimum atomic E-state index is -6.09. The van der Waals surface area contributed by atoms with E-state index in [1.807, 2.05) is 0 Å². The molecule has 0 amide bonds. The van der Waals surface area contributed by atoms with E-state index in [9.17, 15) is 13.2 Å². The Hall–Kier alpha value is -1.09. The van der Waals surface area contributed by atoms with E-state index in [1.54, 1.807) is 0 Å². The number of hydrogen-bond acceptors (Lipinski definition) is 3. The summed E-state index contributed by atoms with van der Waals surface area (Å²) in [6, 6.07) is 0. The lowest BCUT2D eigenvalue weighted by Gasteiger charge is -2.08. The van der Waals surface area contributed by atoms with Crippen LogP contribution in [0.3, 0.4) is 0 Å². The van der Waals surface area contributed by atoms with Crippen LogP contribution in [0.2, 0.25) is 0 Å². The first kappa shape index (κ1) is 15.9. The van der Waals surface area contributed by atoms with E-state index in [0.29, 0.717) is 0 Å². The molecule has 0 fully saturated rings. The quantitative estimate of drug-likeness (QED) is 0.424. The SMILES string of the molecule is CCc1n(C)cc[n+]1C.O=S(=O)([O-])C(F)(F)F. The van der Waals surface area contributed by atoms with Crippen LogP contribution < -0.4 is 4.57 Å². The third kappa shape index (κ3) is 4.73. The number of rotatable bonds is 1. The summed E-state index contributed by atoms with van der Waals surface area (Å²) >= 11 is 0. The molecule has 1 aromatic rings. The van der Waals surface area contributed by atoms with Crippen LogP contribution in [0.5, 0.6) is 0 Å². The van der Waals surface area contributed by atoms with Gasteiger partial charge in [0.05, 0.1) is 14.1 Å². The number of imidazole rings is 1. The summed E-state index contributed by atoms with van der Waals surface area (Å²) in [6.45, 7) is 2.16. The smallest absolute Gasteiger partial charge is 0.485 e. The summed E-state index contributed by atoms with van der Waals surface area (Å²) in [4.78, 5) is 0. The zero-order chi connectivity index (χ0) is 13.9. The first-order chi connectivity index (χ1) is 7.50. The van der Waals surface area contributed by atoms with Crippen molar-refractivity contribution in [3.05, 3.63) is 18.2 Å². The largest absolute Gasteiger partial charge is 0.741 e. The zero-order valence-corrected chi connectivity index (χ0v) is 10.3. The van der Waals surface area contributed by atoms with Crippen molar-refractivity contribution in [2.24, 2.45) is 14.1 Å². The second-order valence-corrected chi connectivity index (χ2v) is 4.56. The van der Waals surface area contributed by atoms with E-state index >= 15 is 0 Å². The fourth-order valence-corrected chi connectivity index (χ4v) is 1.12. The third-order valence-corrected chi connectivity index (χ3v) is 2.49. The highest BCUT2D eigenvalue weighted by Crippen LogP contribution is 2.20. The normalized spacial score (nSPS) is 11.9. The highest BCUT2D eigenvalue weighted by Gasteiger charge is 2.36. The van der Waals surface area contributed by atoms with Crippen LogP contribution in [-0.4, -0.2) is 23.0 Å². The van der Waals surface area contributed by atoms with Crippen LogP contribution in [0.1, 0.15) is 12.7 Å². The summed E-state index contributed by atoms with van der Waals surface area (Å²) in [6.07, 6.45) is 5.23. The van der Waals surface area contributed by atoms with Crippen molar-refractivity contribution in [2.45, 2.75) is 18.9 Å². The van der Waals surface area contributed by atoms with Crippen LogP contribution in [0.4, 0.5) is 13.2 Å². The molecule has 100 valence electrons. The molecular weight excluding hydrogens is 261 g/mol. The van der Waals surface area contributed by atoms with Gasteiger partial charge < -0.3 is 4.55 Å². The van der Waals surface area contributed by atoms with E-state index in [-0.39, 0.29) is 0 Å². The maximum atomic E-state index is 10.7. The second kappa shape index (κ2) is 5.50. The molecule has 1 rings (SSSR count). The molecule has 0 bridgehead atoms. The molecule has 1 aromatic heterocycles. The monoisotopic (exact) mass is 274 g/mol. The molecule has 1 heterocycles. The van der Waals surface area contributed by atoms with E-state index in [4.69, 9.17) is 13.0 Å². The van der Waals surface area contributed by atoms with Crippen LogP contribution in [0.25, 0.3) is 0 Å².